The Hall–Kier alpha value is -2.89. The van der Waals surface area contributed by atoms with Gasteiger partial charge in [-0.3, -0.25) is 9.59 Å². The Bertz CT molecular complexity index is 777. The van der Waals surface area contributed by atoms with E-state index in [-0.39, 0.29) is 30.5 Å². The summed E-state index contributed by atoms with van der Waals surface area (Å²) in [7, 11) is 1.53. The molecule has 0 aromatic heterocycles. The first-order valence-electron chi connectivity index (χ1n) is 7.89. The molecule has 2 rings (SSSR count). The van der Waals surface area contributed by atoms with Crippen LogP contribution >= 0.6 is 0 Å². The van der Waals surface area contributed by atoms with Crippen molar-refractivity contribution < 1.29 is 18.7 Å². The molecule has 0 aliphatic heterocycles. The van der Waals surface area contributed by atoms with Crippen LogP contribution in [0, 0.1) is 12.7 Å². The van der Waals surface area contributed by atoms with E-state index in [4.69, 9.17) is 4.74 Å². The number of anilines is 2. The van der Waals surface area contributed by atoms with Crippen molar-refractivity contribution in [3.05, 3.63) is 53.8 Å². The lowest BCUT2D eigenvalue weighted by molar-refractivity contribution is -0.117. The molecule has 0 saturated carbocycles. The maximum atomic E-state index is 13.6. The molecule has 1 N–H and O–H groups in total. The molecule has 0 heterocycles. The van der Waals surface area contributed by atoms with Crippen molar-refractivity contribution in [2.75, 3.05) is 23.9 Å². The zero-order valence-electron chi connectivity index (χ0n) is 14.5. The number of benzene rings is 2. The molecule has 2 aromatic rings. The lowest BCUT2D eigenvalue weighted by atomic mass is 10.1. The monoisotopic (exact) mass is 344 g/mol. The standard InChI is InChI=1S/C19H21FN2O3/c1-13-8-9-18(25-3)17(12-13)22(14(2)23)11-10-19(24)21-16-7-5-4-6-15(16)20/h4-9,12H,10-11H2,1-3H3,(H,21,24). The predicted molar refractivity (Wildman–Crippen MR) is 95.4 cm³/mol. The minimum atomic E-state index is -0.500. The van der Waals surface area contributed by atoms with Gasteiger partial charge in [0, 0.05) is 19.9 Å². The van der Waals surface area contributed by atoms with E-state index in [1.807, 2.05) is 19.1 Å². The van der Waals surface area contributed by atoms with Crippen LogP contribution in [-0.4, -0.2) is 25.5 Å². The number of amides is 2. The fraction of sp³-hybridized carbons (Fsp3) is 0.263. The highest BCUT2D eigenvalue weighted by molar-refractivity contribution is 5.95. The molecule has 0 atom stereocenters. The van der Waals surface area contributed by atoms with Gasteiger partial charge in [0.05, 0.1) is 18.5 Å². The van der Waals surface area contributed by atoms with Gasteiger partial charge in [0.2, 0.25) is 11.8 Å². The quantitative estimate of drug-likeness (QED) is 0.872. The number of methoxy groups -OCH3 is 1. The predicted octanol–water partition coefficient (Wildman–Crippen LogP) is 3.52. The molecule has 0 fully saturated rings. The van der Waals surface area contributed by atoms with Gasteiger partial charge < -0.3 is 15.0 Å². The number of para-hydroxylation sites is 1. The summed E-state index contributed by atoms with van der Waals surface area (Å²) in [5.74, 6) is -0.527. The summed E-state index contributed by atoms with van der Waals surface area (Å²) in [4.78, 5) is 25.6. The number of nitrogens with zero attached hydrogens (tertiary/aromatic N) is 1. The highest BCUT2D eigenvalue weighted by Gasteiger charge is 2.18. The summed E-state index contributed by atoms with van der Waals surface area (Å²) in [6.07, 6.45) is 0.0327. The summed E-state index contributed by atoms with van der Waals surface area (Å²) in [6, 6.07) is 11.4. The molecule has 132 valence electrons. The smallest absolute Gasteiger partial charge is 0.226 e. The first kappa shape index (κ1) is 18.4. The van der Waals surface area contributed by atoms with Crippen LogP contribution in [0.3, 0.4) is 0 Å². The van der Waals surface area contributed by atoms with Gasteiger partial charge in [0.25, 0.3) is 0 Å². The lowest BCUT2D eigenvalue weighted by Crippen LogP contribution is -2.32. The molecule has 0 radical (unpaired) electrons. The highest BCUT2D eigenvalue weighted by Crippen LogP contribution is 2.29. The number of rotatable bonds is 6. The van der Waals surface area contributed by atoms with Crippen molar-refractivity contribution in [2.24, 2.45) is 0 Å². The van der Waals surface area contributed by atoms with Gasteiger partial charge >= 0.3 is 0 Å². The van der Waals surface area contributed by atoms with Gasteiger partial charge in [-0.1, -0.05) is 18.2 Å². The third-order valence-corrected chi connectivity index (χ3v) is 3.72. The molecule has 0 bridgehead atoms. The number of carbonyl (C=O) groups excluding carboxylic acids is 2. The second kappa shape index (κ2) is 8.28. The summed E-state index contributed by atoms with van der Waals surface area (Å²) in [6.45, 7) is 3.50. The van der Waals surface area contributed by atoms with E-state index >= 15 is 0 Å². The molecular weight excluding hydrogens is 323 g/mol. The van der Waals surface area contributed by atoms with E-state index in [0.717, 1.165) is 5.56 Å². The maximum absolute atomic E-state index is 13.6. The maximum Gasteiger partial charge on any atom is 0.226 e. The van der Waals surface area contributed by atoms with Crippen LogP contribution in [0.1, 0.15) is 18.9 Å². The van der Waals surface area contributed by atoms with Crippen LogP contribution in [-0.2, 0) is 9.59 Å². The van der Waals surface area contributed by atoms with E-state index in [2.05, 4.69) is 5.32 Å². The van der Waals surface area contributed by atoms with Crippen LogP contribution in [0.2, 0.25) is 0 Å². The third-order valence-electron chi connectivity index (χ3n) is 3.72. The van der Waals surface area contributed by atoms with Crippen LogP contribution in [0.15, 0.2) is 42.5 Å². The average molecular weight is 344 g/mol. The minimum absolute atomic E-state index is 0.0327. The molecule has 0 spiro atoms. The largest absolute Gasteiger partial charge is 0.495 e. The Balaban J connectivity index is 2.10. The van der Waals surface area contributed by atoms with E-state index in [9.17, 15) is 14.0 Å². The van der Waals surface area contributed by atoms with Gasteiger partial charge in [0.1, 0.15) is 11.6 Å². The molecule has 2 amide bonds. The summed E-state index contributed by atoms with van der Waals surface area (Å²) < 4.78 is 18.9. The second-order valence-electron chi connectivity index (χ2n) is 5.62. The summed E-state index contributed by atoms with van der Waals surface area (Å²) in [5, 5.41) is 2.51. The molecule has 0 unspecified atom stereocenters. The Labute approximate surface area is 146 Å². The zero-order chi connectivity index (χ0) is 18.4. The normalized spacial score (nSPS) is 10.2. The van der Waals surface area contributed by atoms with E-state index in [1.165, 1.54) is 31.1 Å². The van der Waals surface area contributed by atoms with Crippen molar-refractivity contribution >= 4 is 23.2 Å². The summed E-state index contributed by atoms with van der Waals surface area (Å²) in [5.41, 5.74) is 1.70. The Morgan fingerprint density at radius 2 is 1.92 bits per heavy atom. The summed E-state index contributed by atoms with van der Waals surface area (Å²) >= 11 is 0. The molecule has 5 nitrogen and oxygen atoms in total. The number of carbonyl (C=O) groups is 2. The Morgan fingerprint density at radius 3 is 2.56 bits per heavy atom. The van der Waals surface area contributed by atoms with Crippen molar-refractivity contribution in [3.63, 3.8) is 0 Å². The SMILES string of the molecule is COc1ccc(C)cc1N(CCC(=O)Nc1ccccc1F)C(C)=O. The number of hydrogen-bond donors (Lipinski definition) is 1. The number of hydrogen-bond acceptors (Lipinski definition) is 3. The number of aryl methyl sites for hydroxylation is 1. The lowest BCUT2D eigenvalue weighted by Gasteiger charge is -2.23. The van der Waals surface area contributed by atoms with Crippen LogP contribution in [0.25, 0.3) is 0 Å². The fourth-order valence-electron chi connectivity index (χ4n) is 2.45. The van der Waals surface area contributed by atoms with E-state index in [1.54, 1.807) is 18.2 Å². The second-order valence-corrected chi connectivity index (χ2v) is 5.62. The highest BCUT2D eigenvalue weighted by atomic mass is 19.1. The van der Waals surface area contributed by atoms with Crippen molar-refractivity contribution in [2.45, 2.75) is 20.3 Å². The fourth-order valence-corrected chi connectivity index (χ4v) is 2.45. The Morgan fingerprint density at radius 1 is 1.20 bits per heavy atom. The van der Waals surface area contributed by atoms with Crippen LogP contribution < -0.4 is 15.0 Å². The molecule has 6 heteroatoms. The molecule has 0 aliphatic rings. The molecule has 25 heavy (non-hydrogen) atoms. The first-order chi connectivity index (χ1) is 11.9. The van der Waals surface area contributed by atoms with E-state index < -0.39 is 5.82 Å². The zero-order valence-corrected chi connectivity index (χ0v) is 14.5. The number of ether oxygens (including phenoxy) is 1. The third kappa shape index (κ3) is 4.79. The molecule has 0 saturated heterocycles. The van der Waals surface area contributed by atoms with Gasteiger partial charge in [-0.15, -0.1) is 0 Å². The van der Waals surface area contributed by atoms with Crippen LogP contribution in [0.5, 0.6) is 5.75 Å². The van der Waals surface area contributed by atoms with Crippen molar-refractivity contribution in [3.8, 4) is 5.75 Å². The van der Waals surface area contributed by atoms with Gasteiger partial charge in [0.15, 0.2) is 0 Å². The van der Waals surface area contributed by atoms with Gasteiger partial charge in [-0.25, -0.2) is 4.39 Å². The number of halogens is 1. The van der Waals surface area contributed by atoms with Gasteiger partial charge in [-0.05, 0) is 36.8 Å². The molecular formula is C19H21FN2O3. The minimum Gasteiger partial charge on any atom is -0.495 e. The van der Waals surface area contributed by atoms with Crippen molar-refractivity contribution in [1.82, 2.24) is 0 Å². The molecule has 0 aliphatic carbocycles. The average Bonchev–Trinajstić information content (AvgIpc) is 2.57. The number of nitrogens with one attached hydrogen (secondary N) is 1. The topological polar surface area (TPSA) is 58.6 Å². The molecule has 2 aromatic carbocycles. The van der Waals surface area contributed by atoms with E-state index in [0.29, 0.717) is 11.4 Å². The Kier molecular flexibility index (Phi) is 6.11. The van der Waals surface area contributed by atoms with Crippen LogP contribution in [0.4, 0.5) is 15.8 Å². The van der Waals surface area contributed by atoms with Crippen molar-refractivity contribution in [1.29, 1.82) is 0 Å². The first-order valence-corrected chi connectivity index (χ1v) is 7.89. The van der Waals surface area contributed by atoms with Gasteiger partial charge in [-0.2, -0.15) is 0 Å².